The lowest BCUT2D eigenvalue weighted by molar-refractivity contribution is 0.140. The van der Waals surface area contributed by atoms with Gasteiger partial charge in [0.15, 0.2) is 0 Å². The lowest BCUT2D eigenvalue weighted by Gasteiger charge is -2.20. The summed E-state index contributed by atoms with van der Waals surface area (Å²) in [5.74, 6) is 0.703. The Labute approximate surface area is 98.0 Å². The molecule has 0 bridgehead atoms. The van der Waals surface area contributed by atoms with E-state index in [9.17, 15) is 0 Å². The molecule has 0 radical (unpaired) electrons. The molecule has 1 N–H and O–H groups in total. The molecule has 16 heavy (non-hydrogen) atoms. The molecule has 0 heterocycles. The molecule has 1 aliphatic carbocycles. The van der Waals surface area contributed by atoms with Gasteiger partial charge >= 0.3 is 0 Å². The first-order valence-corrected chi connectivity index (χ1v) is 6.16. The molecular weight excluding hydrogens is 198 g/mol. The molecule has 2 nitrogen and oxygen atoms in total. The number of hydrogen-bond acceptors (Lipinski definition) is 2. The number of benzene rings is 1. The van der Waals surface area contributed by atoms with Crippen molar-refractivity contribution in [1.82, 2.24) is 5.32 Å². The lowest BCUT2D eigenvalue weighted by Crippen LogP contribution is -2.33. The molecule has 1 saturated carbocycles. The Morgan fingerprint density at radius 1 is 1.25 bits per heavy atom. The molecule has 2 heteroatoms. The van der Waals surface area contributed by atoms with Crippen LogP contribution in [0, 0.1) is 5.92 Å². The van der Waals surface area contributed by atoms with Gasteiger partial charge in [0, 0.05) is 19.7 Å². The number of ether oxygens (including phenoxy) is 1. The fourth-order valence-electron chi connectivity index (χ4n) is 2.56. The summed E-state index contributed by atoms with van der Waals surface area (Å²) in [6, 6.07) is 11.2. The molecule has 2 atom stereocenters. The highest BCUT2D eigenvalue weighted by Crippen LogP contribution is 2.25. The molecule has 1 aromatic carbocycles. The van der Waals surface area contributed by atoms with Crippen LogP contribution in [0.15, 0.2) is 30.3 Å². The van der Waals surface area contributed by atoms with Crippen molar-refractivity contribution in [2.75, 3.05) is 13.7 Å². The van der Waals surface area contributed by atoms with Crippen LogP contribution in [0.2, 0.25) is 0 Å². The van der Waals surface area contributed by atoms with E-state index in [-0.39, 0.29) is 0 Å². The highest BCUT2D eigenvalue weighted by atomic mass is 16.5. The highest BCUT2D eigenvalue weighted by molar-refractivity contribution is 5.14. The van der Waals surface area contributed by atoms with Crippen LogP contribution in [0.4, 0.5) is 0 Å². The van der Waals surface area contributed by atoms with Crippen molar-refractivity contribution in [2.24, 2.45) is 5.92 Å². The van der Waals surface area contributed by atoms with Gasteiger partial charge in [0.25, 0.3) is 0 Å². The summed E-state index contributed by atoms with van der Waals surface area (Å²) in [6.07, 6.45) is 3.93. The first kappa shape index (κ1) is 11.6. The third-order valence-corrected chi connectivity index (χ3v) is 3.45. The van der Waals surface area contributed by atoms with Crippen LogP contribution >= 0.6 is 0 Å². The smallest absolute Gasteiger partial charge is 0.0505 e. The average Bonchev–Trinajstić information content (AvgIpc) is 2.76. The maximum atomic E-state index is 5.27. The molecule has 88 valence electrons. The van der Waals surface area contributed by atoms with Gasteiger partial charge in [-0.05, 0) is 24.3 Å². The standard InChI is InChI=1S/C14H21NO/c1-16-11-13-8-5-9-14(13)15-10-12-6-3-2-4-7-12/h2-4,6-7,13-15H,5,8-11H2,1H3/t13-,14-/m1/s1. The Morgan fingerprint density at radius 3 is 2.81 bits per heavy atom. The number of nitrogens with one attached hydrogen (secondary N) is 1. The Balaban J connectivity index is 1.81. The minimum atomic E-state index is 0.639. The van der Waals surface area contributed by atoms with E-state index in [0.29, 0.717) is 12.0 Å². The molecule has 0 aliphatic heterocycles. The number of methoxy groups -OCH3 is 1. The predicted octanol–water partition coefficient (Wildman–Crippen LogP) is 2.59. The van der Waals surface area contributed by atoms with Gasteiger partial charge in [-0.1, -0.05) is 36.8 Å². The van der Waals surface area contributed by atoms with Crippen LogP contribution in [-0.4, -0.2) is 19.8 Å². The minimum Gasteiger partial charge on any atom is -0.384 e. The third kappa shape index (κ3) is 3.06. The molecule has 0 spiro atoms. The molecule has 0 amide bonds. The highest BCUT2D eigenvalue weighted by Gasteiger charge is 2.26. The maximum Gasteiger partial charge on any atom is 0.0505 e. The monoisotopic (exact) mass is 219 g/mol. The minimum absolute atomic E-state index is 0.639. The normalized spacial score (nSPS) is 24.8. The van der Waals surface area contributed by atoms with Crippen molar-refractivity contribution in [2.45, 2.75) is 31.8 Å². The molecule has 0 unspecified atom stereocenters. The Bertz CT molecular complexity index is 299. The average molecular weight is 219 g/mol. The molecule has 1 aliphatic rings. The van der Waals surface area contributed by atoms with Gasteiger partial charge in [-0.2, -0.15) is 0 Å². The van der Waals surface area contributed by atoms with Gasteiger partial charge in [0.1, 0.15) is 0 Å². The first-order chi connectivity index (χ1) is 7.90. The van der Waals surface area contributed by atoms with Crippen molar-refractivity contribution in [3.8, 4) is 0 Å². The Morgan fingerprint density at radius 2 is 2.06 bits per heavy atom. The largest absolute Gasteiger partial charge is 0.384 e. The van der Waals surface area contributed by atoms with Gasteiger partial charge in [-0.15, -0.1) is 0 Å². The van der Waals surface area contributed by atoms with E-state index in [2.05, 4.69) is 35.6 Å². The second-order valence-corrected chi connectivity index (χ2v) is 4.62. The van der Waals surface area contributed by atoms with Crippen LogP contribution in [0.5, 0.6) is 0 Å². The van der Waals surface area contributed by atoms with Gasteiger partial charge in [0.05, 0.1) is 6.61 Å². The molecule has 1 fully saturated rings. The number of hydrogen-bond donors (Lipinski definition) is 1. The summed E-state index contributed by atoms with van der Waals surface area (Å²) in [4.78, 5) is 0. The second-order valence-electron chi connectivity index (χ2n) is 4.62. The predicted molar refractivity (Wildman–Crippen MR) is 66.3 cm³/mol. The van der Waals surface area contributed by atoms with E-state index in [1.54, 1.807) is 7.11 Å². The molecule has 2 rings (SSSR count). The lowest BCUT2D eigenvalue weighted by atomic mass is 10.0. The second kappa shape index (κ2) is 6.02. The van der Waals surface area contributed by atoms with Gasteiger partial charge in [0.2, 0.25) is 0 Å². The molecule has 0 saturated heterocycles. The van der Waals surface area contributed by atoms with Gasteiger partial charge in [-0.3, -0.25) is 0 Å². The van der Waals surface area contributed by atoms with Crippen molar-refractivity contribution < 1.29 is 4.74 Å². The van der Waals surface area contributed by atoms with Gasteiger partial charge in [-0.25, -0.2) is 0 Å². The van der Waals surface area contributed by atoms with Crippen molar-refractivity contribution in [3.05, 3.63) is 35.9 Å². The fraction of sp³-hybridized carbons (Fsp3) is 0.571. The van der Waals surface area contributed by atoms with Crippen LogP contribution in [-0.2, 0) is 11.3 Å². The summed E-state index contributed by atoms with van der Waals surface area (Å²) >= 11 is 0. The summed E-state index contributed by atoms with van der Waals surface area (Å²) < 4.78 is 5.27. The zero-order chi connectivity index (χ0) is 11.2. The molecule has 1 aromatic rings. The fourth-order valence-corrected chi connectivity index (χ4v) is 2.56. The summed E-state index contributed by atoms with van der Waals surface area (Å²) in [6.45, 7) is 1.87. The zero-order valence-electron chi connectivity index (χ0n) is 9.99. The summed E-state index contributed by atoms with van der Waals surface area (Å²) in [5.41, 5.74) is 1.37. The van der Waals surface area contributed by atoms with Crippen LogP contribution < -0.4 is 5.32 Å². The quantitative estimate of drug-likeness (QED) is 0.822. The molecular formula is C14H21NO. The van der Waals surface area contributed by atoms with E-state index in [1.165, 1.54) is 24.8 Å². The van der Waals surface area contributed by atoms with Crippen LogP contribution in [0.1, 0.15) is 24.8 Å². The first-order valence-electron chi connectivity index (χ1n) is 6.16. The van der Waals surface area contributed by atoms with E-state index in [0.717, 1.165) is 13.2 Å². The van der Waals surface area contributed by atoms with Gasteiger partial charge < -0.3 is 10.1 Å². The van der Waals surface area contributed by atoms with Crippen LogP contribution in [0.25, 0.3) is 0 Å². The van der Waals surface area contributed by atoms with Crippen molar-refractivity contribution >= 4 is 0 Å². The van der Waals surface area contributed by atoms with Crippen LogP contribution in [0.3, 0.4) is 0 Å². The van der Waals surface area contributed by atoms with E-state index < -0.39 is 0 Å². The maximum absolute atomic E-state index is 5.27. The van der Waals surface area contributed by atoms with E-state index in [4.69, 9.17) is 4.74 Å². The van der Waals surface area contributed by atoms with E-state index in [1.807, 2.05) is 0 Å². The van der Waals surface area contributed by atoms with E-state index >= 15 is 0 Å². The summed E-state index contributed by atoms with van der Waals surface area (Å²) in [5, 5.41) is 3.65. The Hall–Kier alpha value is -0.860. The van der Waals surface area contributed by atoms with Crippen molar-refractivity contribution in [3.63, 3.8) is 0 Å². The molecule has 0 aromatic heterocycles. The zero-order valence-corrected chi connectivity index (χ0v) is 9.99. The SMILES string of the molecule is COC[C@H]1CCC[C@H]1NCc1ccccc1. The summed E-state index contributed by atoms with van der Waals surface area (Å²) in [7, 11) is 1.80. The third-order valence-electron chi connectivity index (χ3n) is 3.45. The Kier molecular flexibility index (Phi) is 4.37. The van der Waals surface area contributed by atoms with Crippen molar-refractivity contribution in [1.29, 1.82) is 0 Å². The number of rotatable bonds is 5. The topological polar surface area (TPSA) is 21.3 Å².